The van der Waals surface area contributed by atoms with Gasteiger partial charge in [-0.25, -0.2) is 0 Å². The Hall–Kier alpha value is 0.354. The second kappa shape index (κ2) is 3.84. The summed E-state index contributed by atoms with van der Waals surface area (Å²) in [6, 6.07) is 0.810. The van der Waals surface area contributed by atoms with Gasteiger partial charge in [0.25, 0.3) is 0 Å². The molecule has 80 valence electrons. The van der Waals surface area contributed by atoms with Crippen LogP contribution in [0.3, 0.4) is 0 Å². The summed E-state index contributed by atoms with van der Waals surface area (Å²) in [7, 11) is -3.10. The minimum atomic E-state index is -1.66. The molecule has 0 unspecified atom stereocenters. The molecule has 0 aromatic rings. The summed E-state index contributed by atoms with van der Waals surface area (Å²) in [5.74, 6) is 0. The third kappa shape index (κ3) is 8.68. The zero-order valence-corrected chi connectivity index (χ0v) is 12.1. The van der Waals surface area contributed by atoms with Crippen LogP contribution in [0.2, 0.25) is 38.8 Å². The molecule has 0 rings (SSSR count). The minimum absolute atomic E-state index is 0.588. The summed E-state index contributed by atoms with van der Waals surface area (Å²) in [6.45, 7) is 14.7. The van der Waals surface area contributed by atoms with Crippen LogP contribution >= 0.6 is 0 Å². The third-order valence-corrected chi connectivity index (χ3v) is 7.82. The first-order valence-corrected chi connectivity index (χ1v) is 11.4. The Bertz CT molecular complexity index is 147. The van der Waals surface area contributed by atoms with E-state index in [2.05, 4.69) is 32.7 Å². The van der Waals surface area contributed by atoms with E-state index >= 15 is 0 Å². The average Bonchev–Trinajstić information content (AvgIpc) is 1.43. The molecule has 0 atom stereocenters. The molecule has 0 bridgehead atoms. The highest BCUT2D eigenvalue weighted by Crippen LogP contribution is 2.24. The zero-order valence-electron chi connectivity index (χ0n) is 10.1. The lowest BCUT2D eigenvalue weighted by molar-refractivity contribution is 0.0971. The maximum Gasteiger partial charge on any atom is 0.176 e. The van der Waals surface area contributed by atoms with E-state index in [-0.39, 0.29) is 0 Å². The molecule has 0 aliphatic heterocycles. The fourth-order valence-electron chi connectivity index (χ4n) is 1.91. The average molecular weight is 220 g/mol. The molecular formula is C9H24O2Si2. The Balaban J connectivity index is 4.25. The van der Waals surface area contributed by atoms with Crippen LogP contribution in [-0.4, -0.2) is 27.3 Å². The van der Waals surface area contributed by atoms with Crippen LogP contribution < -0.4 is 0 Å². The van der Waals surface area contributed by atoms with Gasteiger partial charge in [-0.2, -0.15) is 0 Å². The Morgan fingerprint density at radius 1 is 1.08 bits per heavy atom. The monoisotopic (exact) mass is 220 g/mol. The van der Waals surface area contributed by atoms with Gasteiger partial charge in [0.1, 0.15) is 0 Å². The van der Waals surface area contributed by atoms with Gasteiger partial charge in [-0.15, -0.1) is 0 Å². The summed E-state index contributed by atoms with van der Waals surface area (Å²) < 4.78 is 6.12. The highest BCUT2D eigenvalue weighted by molar-refractivity contribution is 6.84. The summed E-state index contributed by atoms with van der Waals surface area (Å²) >= 11 is 0. The van der Waals surface area contributed by atoms with Crippen molar-refractivity contribution < 1.29 is 9.22 Å². The van der Waals surface area contributed by atoms with Gasteiger partial charge < -0.3 is 9.22 Å². The normalized spacial score (nSPS) is 14.8. The second-order valence-corrected chi connectivity index (χ2v) is 14.9. The van der Waals surface area contributed by atoms with Crippen LogP contribution in [0, 0.1) is 0 Å². The molecule has 0 saturated heterocycles. The van der Waals surface area contributed by atoms with Crippen LogP contribution in [0.5, 0.6) is 0 Å². The smallest absolute Gasteiger partial charge is 0.176 e. The van der Waals surface area contributed by atoms with Crippen molar-refractivity contribution in [1.29, 1.82) is 0 Å². The van der Waals surface area contributed by atoms with Crippen molar-refractivity contribution in [3.63, 3.8) is 0 Å². The molecule has 0 saturated carbocycles. The van der Waals surface area contributed by atoms with E-state index in [1.807, 2.05) is 13.8 Å². The van der Waals surface area contributed by atoms with Gasteiger partial charge in [-0.1, -0.05) is 0 Å². The second-order valence-electron chi connectivity index (χ2n) is 5.96. The van der Waals surface area contributed by atoms with Gasteiger partial charge in [-0.3, -0.25) is 0 Å². The van der Waals surface area contributed by atoms with Crippen LogP contribution in [0.4, 0.5) is 0 Å². The van der Waals surface area contributed by atoms with Crippen molar-refractivity contribution in [3.05, 3.63) is 0 Å². The van der Waals surface area contributed by atoms with Gasteiger partial charge in [0.15, 0.2) is 16.6 Å². The lowest BCUT2D eigenvalue weighted by Crippen LogP contribution is -2.46. The van der Waals surface area contributed by atoms with Gasteiger partial charge >= 0.3 is 0 Å². The van der Waals surface area contributed by atoms with E-state index in [0.29, 0.717) is 0 Å². The third-order valence-electron chi connectivity index (χ3n) is 1.44. The summed E-state index contributed by atoms with van der Waals surface area (Å²) in [5, 5.41) is 9.72. The van der Waals surface area contributed by atoms with Crippen molar-refractivity contribution in [2.24, 2.45) is 0 Å². The first-order valence-electron chi connectivity index (χ1n) is 4.84. The maximum absolute atomic E-state index is 9.72. The Morgan fingerprint density at radius 3 is 1.69 bits per heavy atom. The molecule has 0 aliphatic carbocycles. The minimum Gasteiger partial charge on any atom is -0.456 e. The molecular weight excluding hydrogens is 196 g/mol. The molecule has 0 fully saturated rings. The molecule has 0 aliphatic rings. The molecule has 4 heteroatoms. The largest absolute Gasteiger partial charge is 0.456 e. The van der Waals surface area contributed by atoms with E-state index in [1.54, 1.807) is 0 Å². The van der Waals surface area contributed by atoms with Crippen molar-refractivity contribution in [2.75, 3.05) is 0 Å². The van der Waals surface area contributed by atoms with E-state index in [0.717, 1.165) is 6.04 Å². The van der Waals surface area contributed by atoms with E-state index in [9.17, 15) is 5.11 Å². The molecule has 0 aromatic heterocycles. The summed E-state index contributed by atoms with van der Waals surface area (Å²) in [5.41, 5.74) is -0.588. The zero-order chi connectivity index (χ0) is 10.9. The van der Waals surface area contributed by atoms with Crippen LogP contribution in [0.25, 0.3) is 0 Å². The predicted molar refractivity (Wildman–Crippen MR) is 63.0 cm³/mol. The molecule has 2 nitrogen and oxygen atoms in total. The Kier molecular flexibility index (Phi) is 3.95. The van der Waals surface area contributed by atoms with Crippen molar-refractivity contribution in [3.8, 4) is 0 Å². The lowest BCUT2D eigenvalue weighted by atomic mass is 10.2. The highest BCUT2D eigenvalue weighted by Gasteiger charge is 2.34. The number of hydrogen-bond donors (Lipinski definition) is 1. The molecule has 0 aromatic carbocycles. The van der Waals surface area contributed by atoms with Gasteiger partial charge in [0.05, 0.1) is 5.60 Å². The highest BCUT2D eigenvalue weighted by atomic mass is 28.4. The molecule has 13 heavy (non-hydrogen) atoms. The van der Waals surface area contributed by atoms with Crippen LogP contribution in [-0.2, 0) is 4.12 Å². The first-order chi connectivity index (χ1) is 5.41. The fourth-order valence-corrected chi connectivity index (χ4v) is 10.9. The SMILES string of the molecule is CC(C)(O)C[Si](C)(C)O[Si](C)(C)C. The summed E-state index contributed by atoms with van der Waals surface area (Å²) in [6.07, 6.45) is 0. The molecule has 0 spiro atoms. The lowest BCUT2D eigenvalue weighted by Gasteiger charge is -2.35. The fraction of sp³-hybridized carbons (Fsp3) is 1.00. The van der Waals surface area contributed by atoms with Crippen LogP contribution in [0.15, 0.2) is 0 Å². The summed E-state index contributed by atoms with van der Waals surface area (Å²) in [4.78, 5) is 0. The van der Waals surface area contributed by atoms with Crippen molar-refractivity contribution in [1.82, 2.24) is 0 Å². The standard InChI is InChI=1S/C9H24O2Si2/c1-9(2,10)8-13(6,7)11-12(3,4)5/h10H,8H2,1-7H3. The van der Waals surface area contributed by atoms with E-state index < -0.39 is 22.2 Å². The van der Waals surface area contributed by atoms with Crippen LogP contribution in [0.1, 0.15) is 13.8 Å². The van der Waals surface area contributed by atoms with E-state index in [4.69, 9.17) is 4.12 Å². The van der Waals surface area contributed by atoms with Gasteiger partial charge in [0, 0.05) is 0 Å². The Labute approximate surface area is 84.6 Å². The maximum atomic E-state index is 9.72. The van der Waals surface area contributed by atoms with Gasteiger partial charge in [0.2, 0.25) is 0 Å². The van der Waals surface area contributed by atoms with E-state index in [1.165, 1.54) is 0 Å². The Morgan fingerprint density at radius 2 is 1.46 bits per heavy atom. The topological polar surface area (TPSA) is 29.5 Å². The molecule has 0 heterocycles. The van der Waals surface area contributed by atoms with Gasteiger partial charge in [-0.05, 0) is 52.6 Å². The quantitative estimate of drug-likeness (QED) is 0.738. The molecule has 1 N–H and O–H groups in total. The predicted octanol–water partition coefficient (Wildman–Crippen LogP) is 2.81. The van der Waals surface area contributed by atoms with Crippen molar-refractivity contribution >= 4 is 16.6 Å². The molecule has 0 amide bonds. The number of aliphatic hydroxyl groups is 1. The first kappa shape index (κ1) is 13.4. The number of rotatable bonds is 4. The van der Waals surface area contributed by atoms with Crippen molar-refractivity contribution in [2.45, 2.75) is 58.2 Å². The molecule has 0 radical (unpaired) electrons. The number of hydrogen-bond acceptors (Lipinski definition) is 2.